The molecule has 0 radical (unpaired) electrons. The van der Waals surface area contributed by atoms with Crippen LogP contribution in [0.25, 0.3) is 11.4 Å². The Hall–Kier alpha value is -1.74. The molecule has 0 saturated carbocycles. The van der Waals surface area contributed by atoms with E-state index in [9.17, 15) is 4.79 Å². The van der Waals surface area contributed by atoms with E-state index in [4.69, 9.17) is 11.6 Å². The van der Waals surface area contributed by atoms with Crippen LogP contribution in [-0.2, 0) is 6.42 Å². The van der Waals surface area contributed by atoms with Crippen LogP contribution in [0.2, 0.25) is 0 Å². The molecule has 122 valence electrons. The van der Waals surface area contributed by atoms with E-state index in [0.717, 1.165) is 12.0 Å². The first-order chi connectivity index (χ1) is 11.2. The molecule has 2 rings (SSSR count). The molecule has 0 saturated heterocycles. The number of hydrogen-bond donors (Lipinski definition) is 0. The highest BCUT2D eigenvalue weighted by Gasteiger charge is 2.05. The highest BCUT2D eigenvalue weighted by Crippen LogP contribution is 2.17. The van der Waals surface area contributed by atoms with Crippen LogP contribution in [0.3, 0.4) is 0 Å². The van der Waals surface area contributed by atoms with Crippen LogP contribution in [0.1, 0.15) is 61.4 Å². The first-order valence-electron chi connectivity index (χ1n) is 8.32. The van der Waals surface area contributed by atoms with E-state index in [1.54, 1.807) is 12.1 Å². The van der Waals surface area contributed by atoms with Crippen LogP contribution in [0.4, 0.5) is 0 Å². The topological polar surface area (TPSA) is 42.9 Å². The van der Waals surface area contributed by atoms with Gasteiger partial charge < -0.3 is 0 Å². The maximum atomic E-state index is 11.1. The molecule has 1 aromatic heterocycles. The summed E-state index contributed by atoms with van der Waals surface area (Å²) in [6.45, 7) is 2.24. The molecule has 0 aliphatic heterocycles. The summed E-state index contributed by atoms with van der Waals surface area (Å²) in [4.78, 5) is 19.9. The second-order valence-corrected chi connectivity index (χ2v) is 6.13. The number of aryl methyl sites for hydroxylation is 1. The van der Waals surface area contributed by atoms with Gasteiger partial charge in [-0.3, -0.25) is 4.79 Å². The van der Waals surface area contributed by atoms with E-state index in [2.05, 4.69) is 16.9 Å². The molecule has 23 heavy (non-hydrogen) atoms. The maximum Gasteiger partial charge on any atom is 0.252 e. The van der Waals surface area contributed by atoms with Crippen LogP contribution in [0, 0.1) is 0 Å². The summed E-state index contributed by atoms with van der Waals surface area (Å²) in [5, 5.41) is -0.452. The summed E-state index contributed by atoms with van der Waals surface area (Å²) in [6.07, 6.45) is 12.6. The fraction of sp³-hybridized carbons (Fsp3) is 0.421. The van der Waals surface area contributed by atoms with Crippen molar-refractivity contribution in [3.63, 3.8) is 0 Å². The number of aromatic nitrogens is 2. The molecular formula is C19H23ClN2O. The van der Waals surface area contributed by atoms with Gasteiger partial charge in [-0.15, -0.1) is 0 Å². The van der Waals surface area contributed by atoms with Crippen LogP contribution in [0.5, 0.6) is 0 Å². The maximum absolute atomic E-state index is 11.1. The van der Waals surface area contributed by atoms with Crippen molar-refractivity contribution < 1.29 is 4.79 Å². The third-order valence-electron chi connectivity index (χ3n) is 3.89. The SMILES string of the molecule is CCCCCCCCc1cnc(-c2ccc(C(=O)Cl)cc2)nc1. The van der Waals surface area contributed by atoms with Crippen molar-refractivity contribution in [3.8, 4) is 11.4 Å². The zero-order valence-electron chi connectivity index (χ0n) is 13.6. The molecule has 0 amide bonds. The highest BCUT2D eigenvalue weighted by atomic mass is 35.5. The van der Waals surface area contributed by atoms with Crippen molar-refractivity contribution in [2.75, 3.05) is 0 Å². The summed E-state index contributed by atoms with van der Waals surface area (Å²) in [6, 6.07) is 7.02. The smallest absolute Gasteiger partial charge is 0.252 e. The second kappa shape index (κ2) is 9.41. The number of halogens is 1. The van der Waals surface area contributed by atoms with Crippen molar-refractivity contribution >= 4 is 16.8 Å². The lowest BCUT2D eigenvalue weighted by Gasteiger charge is -2.04. The number of carbonyl (C=O) groups excluding carboxylic acids is 1. The van der Waals surface area contributed by atoms with Gasteiger partial charge in [0, 0.05) is 23.5 Å². The van der Waals surface area contributed by atoms with Gasteiger partial charge in [0.25, 0.3) is 5.24 Å². The molecule has 0 fully saturated rings. The Labute approximate surface area is 143 Å². The fourth-order valence-electron chi connectivity index (χ4n) is 2.49. The zero-order chi connectivity index (χ0) is 16.5. The van der Waals surface area contributed by atoms with E-state index in [0.29, 0.717) is 11.4 Å². The van der Waals surface area contributed by atoms with E-state index < -0.39 is 5.24 Å². The largest absolute Gasteiger partial charge is 0.276 e. The minimum atomic E-state index is -0.452. The summed E-state index contributed by atoms with van der Waals surface area (Å²) in [7, 11) is 0. The Balaban J connectivity index is 1.85. The number of benzene rings is 1. The highest BCUT2D eigenvalue weighted by molar-refractivity contribution is 6.67. The van der Waals surface area contributed by atoms with Gasteiger partial charge in [0.15, 0.2) is 5.82 Å². The third-order valence-corrected chi connectivity index (χ3v) is 4.11. The van der Waals surface area contributed by atoms with Gasteiger partial charge in [-0.2, -0.15) is 0 Å². The fourth-order valence-corrected chi connectivity index (χ4v) is 2.62. The lowest BCUT2D eigenvalue weighted by molar-refractivity contribution is 0.108. The Morgan fingerprint density at radius 2 is 1.57 bits per heavy atom. The lowest BCUT2D eigenvalue weighted by atomic mass is 10.1. The minimum Gasteiger partial charge on any atom is -0.276 e. The van der Waals surface area contributed by atoms with Gasteiger partial charge >= 0.3 is 0 Å². The Morgan fingerprint density at radius 1 is 0.957 bits per heavy atom. The number of nitrogens with zero attached hydrogens (tertiary/aromatic N) is 2. The van der Waals surface area contributed by atoms with Crippen molar-refractivity contribution in [2.24, 2.45) is 0 Å². The normalized spacial score (nSPS) is 10.7. The number of rotatable bonds is 9. The van der Waals surface area contributed by atoms with Crippen LogP contribution < -0.4 is 0 Å². The van der Waals surface area contributed by atoms with Crippen LogP contribution in [-0.4, -0.2) is 15.2 Å². The molecule has 3 nitrogen and oxygen atoms in total. The number of hydrogen-bond acceptors (Lipinski definition) is 3. The molecule has 0 aliphatic rings. The monoisotopic (exact) mass is 330 g/mol. The molecule has 4 heteroatoms. The first-order valence-corrected chi connectivity index (χ1v) is 8.69. The predicted octanol–water partition coefficient (Wildman–Crippen LogP) is 5.43. The predicted molar refractivity (Wildman–Crippen MR) is 94.7 cm³/mol. The average molecular weight is 331 g/mol. The van der Waals surface area contributed by atoms with Crippen molar-refractivity contribution in [2.45, 2.75) is 51.9 Å². The van der Waals surface area contributed by atoms with Crippen LogP contribution in [0.15, 0.2) is 36.7 Å². The first kappa shape index (κ1) is 17.6. The third kappa shape index (κ3) is 5.76. The van der Waals surface area contributed by atoms with Gasteiger partial charge in [0.05, 0.1) is 0 Å². The summed E-state index contributed by atoms with van der Waals surface area (Å²) >= 11 is 5.44. The average Bonchev–Trinajstić information content (AvgIpc) is 2.58. The molecule has 0 N–H and O–H groups in total. The summed E-state index contributed by atoms with van der Waals surface area (Å²) < 4.78 is 0. The van der Waals surface area contributed by atoms with Crippen molar-refractivity contribution in [1.82, 2.24) is 9.97 Å². The van der Waals surface area contributed by atoms with E-state index in [1.165, 1.54) is 44.1 Å². The molecule has 0 aliphatic carbocycles. The zero-order valence-corrected chi connectivity index (χ0v) is 14.4. The van der Waals surface area contributed by atoms with E-state index in [-0.39, 0.29) is 0 Å². The molecule has 1 heterocycles. The van der Waals surface area contributed by atoms with Gasteiger partial charge in [0.2, 0.25) is 0 Å². The molecular weight excluding hydrogens is 308 g/mol. The molecule has 2 aromatic rings. The molecule has 0 unspecified atom stereocenters. The summed E-state index contributed by atoms with van der Waals surface area (Å²) in [5.74, 6) is 0.672. The minimum absolute atomic E-state index is 0.452. The van der Waals surface area contributed by atoms with Crippen LogP contribution >= 0.6 is 11.6 Å². The van der Waals surface area contributed by atoms with Crippen molar-refractivity contribution in [3.05, 3.63) is 47.8 Å². The van der Waals surface area contributed by atoms with E-state index >= 15 is 0 Å². The van der Waals surface area contributed by atoms with Gasteiger partial charge in [-0.05, 0) is 42.1 Å². The molecule has 0 bridgehead atoms. The standard InChI is InChI=1S/C19H23ClN2O/c1-2-3-4-5-6-7-8-15-13-21-19(22-14-15)17-11-9-16(10-12-17)18(20)23/h9-14H,2-8H2,1H3. The second-order valence-electron chi connectivity index (χ2n) is 5.78. The number of carbonyl (C=O) groups is 1. The molecule has 1 aromatic carbocycles. The van der Waals surface area contributed by atoms with E-state index in [1.807, 2.05) is 24.5 Å². The number of unbranched alkanes of at least 4 members (excludes halogenated alkanes) is 5. The molecule has 0 atom stereocenters. The molecule has 0 spiro atoms. The Morgan fingerprint density at radius 3 is 2.17 bits per heavy atom. The Bertz CT molecular complexity index is 608. The summed E-state index contributed by atoms with van der Waals surface area (Å²) in [5.41, 5.74) is 2.55. The quantitative estimate of drug-likeness (QED) is 0.455. The van der Waals surface area contributed by atoms with Gasteiger partial charge in [-0.25, -0.2) is 9.97 Å². The van der Waals surface area contributed by atoms with Gasteiger partial charge in [0.1, 0.15) is 0 Å². The Kier molecular flexibility index (Phi) is 7.21. The van der Waals surface area contributed by atoms with Crippen molar-refractivity contribution in [1.29, 1.82) is 0 Å². The van der Waals surface area contributed by atoms with Gasteiger partial charge in [-0.1, -0.05) is 51.2 Å². The lowest BCUT2D eigenvalue weighted by Crippen LogP contribution is -1.94.